The highest BCUT2D eigenvalue weighted by molar-refractivity contribution is 6.05. The maximum absolute atomic E-state index is 14.9. The molecule has 0 heterocycles. The molecule has 1 aliphatic carbocycles. The summed E-state index contributed by atoms with van der Waals surface area (Å²) in [6.07, 6.45) is 2.19. The summed E-state index contributed by atoms with van der Waals surface area (Å²) in [7, 11) is 0. The summed E-state index contributed by atoms with van der Waals surface area (Å²) in [5.41, 5.74) is 3.84. The van der Waals surface area contributed by atoms with Gasteiger partial charge in [-0.2, -0.15) is 0 Å². The van der Waals surface area contributed by atoms with Crippen molar-refractivity contribution in [2.45, 2.75) is 31.9 Å². The average molecular weight is 429 g/mol. The van der Waals surface area contributed by atoms with E-state index in [0.717, 1.165) is 27.9 Å². The van der Waals surface area contributed by atoms with E-state index in [4.69, 9.17) is 0 Å². The normalized spacial score (nSPS) is 17.4. The van der Waals surface area contributed by atoms with E-state index in [1.54, 1.807) is 6.07 Å². The zero-order chi connectivity index (χ0) is 22.7. The minimum Gasteiger partial charge on any atom is -0.308 e. The molecule has 0 aliphatic heterocycles. The maximum Gasteiger partial charge on any atom is 0.323 e. The number of nitrogens with one attached hydrogen (secondary N) is 2. The molecule has 3 aromatic rings. The Morgan fingerprint density at radius 3 is 2.47 bits per heavy atom. The minimum atomic E-state index is -1.84. The van der Waals surface area contributed by atoms with Crippen molar-refractivity contribution in [3.8, 4) is 11.1 Å². The number of anilines is 2. The van der Waals surface area contributed by atoms with Gasteiger partial charge in [0.1, 0.15) is 0 Å². The number of allylic oxidation sites excluding steroid dienone is 1. The molecular formula is C27H25FN2O2. The molecule has 0 aromatic heterocycles. The van der Waals surface area contributed by atoms with Crippen molar-refractivity contribution >= 4 is 23.2 Å². The third-order valence-corrected chi connectivity index (χ3v) is 5.77. The van der Waals surface area contributed by atoms with Gasteiger partial charge >= 0.3 is 6.03 Å². The van der Waals surface area contributed by atoms with Crippen LogP contribution < -0.4 is 10.6 Å². The van der Waals surface area contributed by atoms with Gasteiger partial charge in [0.2, 0.25) is 5.78 Å². The van der Waals surface area contributed by atoms with Crippen LogP contribution in [0.1, 0.15) is 34.3 Å². The van der Waals surface area contributed by atoms with Crippen LogP contribution in [0, 0.1) is 6.92 Å². The highest BCUT2D eigenvalue weighted by Crippen LogP contribution is 2.36. The number of hydrogen-bond donors (Lipinski definition) is 2. The second-order valence-electron chi connectivity index (χ2n) is 8.19. The largest absolute Gasteiger partial charge is 0.323 e. The Balaban J connectivity index is 1.46. The number of halogens is 1. The van der Waals surface area contributed by atoms with E-state index >= 15 is 0 Å². The number of fused-ring (bicyclic) bond motifs is 1. The lowest BCUT2D eigenvalue weighted by atomic mass is 9.78. The van der Waals surface area contributed by atoms with Gasteiger partial charge in [0.05, 0.1) is 0 Å². The van der Waals surface area contributed by atoms with Gasteiger partial charge in [-0.3, -0.25) is 4.79 Å². The Morgan fingerprint density at radius 1 is 1.03 bits per heavy atom. The molecule has 2 amide bonds. The molecule has 1 aliphatic rings. The van der Waals surface area contributed by atoms with E-state index in [2.05, 4.69) is 17.2 Å². The van der Waals surface area contributed by atoms with Crippen molar-refractivity contribution in [2.75, 3.05) is 10.6 Å². The fourth-order valence-corrected chi connectivity index (χ4v) is 4.08. The third-order valence-electron chi connectivity index (χ3n) is 5.77. The van der Waals surface area contributed by atoms with Crippen LogP contribution in [0.3, 0.4) is 0 Å². The summed E-state index contributed by atoms with van der Waals surface area (Å²) in [4.78, 5) is 24.9. The molecule has 0 saturated heterocycles. The number of rotatable bonds is 5. The fourth-order valence-electron chi connectivity index (χ4n) is 4.08. The van der Waals surface area contributed by atoms with Crippen LogP contribution in [0.5, 0.6) is 0 Å². The zero-order valence-corrected chi connectivity index (χ0v) is 18.0. The van der Waals surface area contributed by atoms with E-state index in [1.165, 1.54) is 6.08 Å². The molecule has 162 valence electrons. The standard InChI is InChI=1S/C27H25FN2O2/c1-3-14-27(28)15-13-21-17-20(9-12-24(21)25(27)31)19-7-10-22(11-8-19)29-26(32)30-23-6-4-5-18(2)16-23/h3-12,16-17H,1,13-15H2,2H3,(H2,29,30,32). The summed E-state index contributed by atoms with van der Waals surface area (Å²) < 4.78 is 14.9. The van der Waals surface area contributed by atoms with Gasteiger partial charge < -0.3 is 10.6 Å². The van der Waals surface area contributed by atoms with Crippen molar-refractivity contribution in [3.05, 3.63) is 96.1 Å². The van der Waals surface area contributed by atoms with Crippen LogP contribution in [0.25, 0.3) is 11.1 Å². The van der Waals surface area contributed by atoms with Gasteiger partial charge in [-0.25, -0.2) is 9.18 Å². The smallest absolute Gasteiger partial charge is 0.308 e. The first-order valence-electron chi connectivity index (χ1n) is 10.6. The molecule has 0 radical (unpaired) electrons. The molecule has 0 saturated carbocycles. The SMILES string of the molecule is C=CCC1(F)CCc2cc(-c3ccc(NC(=O)Nc4cccc(C)c4)cc3)ccc2C1=O. The third kappa shape index (κ3) is 4.47. The van der Waals surface area contributed by atoms with Gasteiger partial charge in [-0.15, -0.1) is 6.58 Å². The molecule has 2 N–H and O–H groups in total. The van der Waals surface area contributed by atoms with Crippen LogP contribution >= 0.6 is 0 Å². The molecule has 1 atom stereocenters. The molecule has 0 bridgehead atoms. The highest BCUT2D eigenvalue weighted by atomic mass is 19.1. The van der Waals surface area contributed by atoms with Crippen LogP contribution in [-0.2, 0) is 6.42 Å². The number of ketones is 1. The van der Waals surface area contributed by atoms with Gasteiger partial charge in [0.15, 0.2) is 5.67 Å². The van der Waals surface area contributed by atoms with E-state index in [-0.39, 0.29) is 18.9 Å². The predicted molar refractivity (Wildman–Crippen MR) is 127 cm³/mol. The number of carbonyl (C=O) groups is 2. The number of Topliss-reactive ketones (excluding diaryl/α,β-unsaturated/α-hetero) is 1. The van der Waals surface area contributed by atoms with Crippen molar-refractivity contribution in [1.29, 1.82) is 0 Å². The number of benzene rings is 3. The summed E-state index contributed by atoms with van der Waals surface area (Å²) in [5, 5.41) is 5.63. The minimum absolute atomic E-state index is 0.0406. The number of alkyl halides is 1. The van der Waals surface area contributed by atoms with Gasteiger partial charge in [-0.1, -0.05) is 48.5 Å². The van der Waals surface area contributed by atoms with E-state index < -0.39 is 11.5 Å². The van der Waals surface area contributed by atoms with Crippen molar-refractivity contribution in [3.63, 3.8) is 0 Å². The van der Waals surface area contributed by atoms with Gasteiger partial charge in [0, 0.05) is 23.4 Å². The summed E-state index contributed by atoms with van der Waals surface area (Å²) >= 11 is 0. The van der Waals surface area contributed by atoms with Crippen LogP contribution in [0.4, 0.5) is 20.6 Å². The molecule has 4 rings (SSSR count). The lowest BCUT2D eigenvalue weighted by Gasteiger charge is -2.29. The monoisotopic (exact) mass is 428 g/mol. The highest BCUT2D eigenvalue weighted by Gasteiger charge is 2.41. The molecular weight excluding hydrogens is 403 g/mol. The Morgan fingerprint density at radius 2 is 1.75 bits per heavy atom. The number of amides is 2. The first kappa shape index (κ1) is 21.5. The molecule has 1 unspecified atom stereocenters. The quantitative estimate of drug-likeness (QED) is 0.443. The molecule has 0 spiro atoms. The second kappa shape index (κ2) is 8.79. The lowest BCUT2D eigenvalue weighted by Crippen LogP contribution is -2.38. The topological polar surface area (TPSA) is 58.2 Å². The second-order valence-corrected chi connectivity index (χ2v) is 8.19. The van der Waals surface area contributed by atoms with Crippen LogP contribution in [-0.4, -0.2) is 17.5 Å². The average Bonchev–Trinajstić information content (AvgIpc) is 2.77. The fraction of sp³-hybridized carbons (Fsp3) is 0.185. The summed E-state index contributed by atoms with van der Waals surface area (Å²) in [5.74, 6) is -0.454. The molecule has 0 fully saturated rings. The number of carbonyl (C=O) groups excluding carboxylic acids is 2. The van der Waals surface area contributed by atoms with Crippen molar-refractivity contribution < 1.29 is 14.0 Å². The number of aryl methyl sites for hydroxylation is 2. The Hall–Kier alpha value is -3.73. The summed E-state index contributed by atoms with van der Waals surface area (Å²) in [6, 6.07) is 20.2. The predicted octanol–water partition coefficient (Wildman–Crippen LogP) is 6.72. The first-order valence-corrected chi connectivity index (χ1v) is 10.6. The molecule has 4 nitrogen and oxygen atoms in total. The Kier molecular flexibility index (Phi) is 5.91. The first-order chi connectivity index (χ1) is 15.4. The number of urea groups is 1. The Bertz CT molecular complexity index is 1190. The molecule has 5 heteroatoms. The maximum atomic E-state index is 14.9. The Labute approximate surface area is 187 Å². The summed E-state index contributed by atoms with van der Waals surface area (Å²) in [6.45, 7) is 5.54. The van der Waals surface area contributed by atoms with Gasteiger partial charge in [0.25, 0.3) is 0 Å². The van der Waals surface area contributed by atoms with Crippen LogP contribution in [0.2, 0.25) is 0 Å². The van der Waals surface area contributed by atoms with Crippen LogP contribution in [0.15, 0.2) is 79.4 Å². The van der Waals surface area contributed by atoms with Crippen molar-refractivity contribution in [1.82, 2.24) is 0 Å². The lowest BCUT2D eigenvalue weighted by molar-refractivity contribution is 0.0644. The molecule has 32 heavy (non-hydrogen) atoms. The molecule has 3 aromatic carbocycles. The van der Waals surface area contributed by atoms with Crippen molar-refractivity contribution in [2.24, 2.45) is 0 Å². The van der Waals surface area contributed by atoms with E-state index in [9.17, 15) is 14.0 Å². The number of hydrogen-bond acceptors (Lipinski definition) is 2. The van der Waals surface area contributed by atoms with E-state index in [0.29, 0.717) is 17.7 Å². The van der Waals surface area contributed by atoms with E-state index in [1.807, 2.05) is 67.6 Å². The zero-order valence-electron chi connectivity index (χ0n) is 18.0. The van der Waals surface area contributed by atoms with Gasteiger partial charge in [-0.05, 0) is 66.3 Å².